The van der Waals surface area contributed by atoms with E-state index in [1.807, 2.05) is 37.3 Å². The van der Waals surface area contributed by atoms with Gasteiger partial charge < -0.3 is 4.74 Å². The maximum Gasteiger partial charge on any atom is 0.324 e. The van der Waals surface area contributed by atoms with Crippen LogP contribution in [0.5, 0.6) is 0 Å². The van der Waals surface area contributed by atoms with E-state index in [1.54, 1.807) is 24.3 Å². The van der Waals surface area contributed by atoms with Gasteiger partial charge in [0.25, 0.3) is 0 Å². The Hall–Kier alpha value is -2.70. The molecule has 0 aromatic heterocycles. The summed E-state index contributed by atoms with van der Waals surface area (Å²) < 4.78 is 33.2. The van der Waals surface area contributed by atoms with Gasteiger partial charge >= 0.3 is 5.97 Å². The van der Waals surface area contributed by atoms with Crippen molar-refractivity contribution in [3.8, 4) is 0 Å². The summed E-state index contributed by atoms with van der Waals surface area (Å²) in [5.41, 5.74) is 2.96. The van der Waals surface area contributed by atoms with Crippen LogP contribution < -0.4 is 0 Å². The molecule has 3 aromatic carbocycles. The number of hydrogen-bond donors (Lipinski definition) is 0. The number of nitrogens with zero attached hydrogens (tertiary/aromatic N) is 1. The zero-order chi connectivity index (χ0) is 20.6. The van der Waals surface area contributed by atoms with E-state index >= 15 is 0 Å². The topological polar surface area (TPSA) is 63.7 Å². The molecule has 0 spiro atoms. The average molecular weight is 410 g/mol. The first-order valence-electron chi connectivity index (χ1n) is 9.57. The van der Waals surface area contributed by atoms with E-state index in [0.29, 0.717) is 12.8 Å². The first-order chi connectivity index (χ1) is 13.9. The second kappa shape index (κ2) is 7.61. The largest absolute Gasteiger partial charge is 0.468 e. The molecule has 1 aliphatic rings. The number of sulfonamides is 1. The fourth-order valence-corrected chi connectivity index (χ4v) is 5.48. The predicted molar refractivity (Wildman–Crippen MR) is 112 cm³/mol. The molecule has 0 saturated heterocycles. The molecule has 5 nitrogen and oxygen atoms in total. The summed E-state index contributed by atoms with van der Waals surface area (Å²) in [4.78, 5) is 12.7. The Morgan fingerprint density at radius 3 is 2.24 bits per heavy atom. The number of ether oxygens (including phenoxy) is 1. The van der Waals surface area contributed by atoms with Gasteiger partial charge in [-0.1, -0.05) is 48.0 Å². The minimum absolute atomic E-state index is 0.135. The summed E-state index contributed by atoms with van der Waals surface area (Å²) in [5, 5.41) is 2.16. The van der Waals surface area contributed by atoms with Gasteiger partial charge in [0.05, 0.1) is 12.0 Å². The van der Waals surface area contributed by atoms with E-state index < -0.39 is 22.0 Å². The lowest BCUT2D eigenvalue weighted by Crippen LogP contribution is -2.44. The van der Waals surface area contributed by atoms with Gasteiger partial charge in [0.1, 0.15) is 6.04 Å². The number of rotatable bonds is 3. The summed E-state index contributed by atoms with van der Waals surface area (Å²) in [5.74, 6) is -0.530. The van der Waals surface area contributed by atoms with E-state index in [-0.39, 0.29) is 11.4 Å². The van der Waals surface area contributed by atoms with Crippen molar-refractivity contribution in [3.05, 3.63) is 77.4 Å². The number of aryl methyl sites for hydroxylation is 2. The molecule has 3 aromatic rings. The first-order valence-corrected chi connectivity index (χ1v) is 11.0. The quantitative estimate of drug-likeness (QED) is 0.617. The standard InChI is InChI=1S/C23H23NO4S/c1-16-7-10-21(11-8-16)29(26,27)24-15-20-14-18-6-4-3-5-17(18)13-19(20)9-12-22(24)23(25)28-2/h3-8,10-11,13-14,22H,9,12,15H2,1-2H3/t22-/m0/s1. The first kappa shape index (κ1) is 19.6. The van der Waals surface area contributed by atoms with Crippen LogP contribution in [0.25, 0.3) is 10.8 Å². The fraction of sp³-hybridized carbons (Fsp3) is 0.261. The highest BCUT2D eigenvalue weighted by atomic mass is 32.2. The monoisotopic (exact) mass is 409 g/mol. The number of benzene rings is 3. The van der Waals surface area contributed by atoms with Gasteiger partial charge in [-0.05, 0) is 59.9 Å². The van der Waals surface area contributed by atoms with Crippen LogP contribution in [0.4, 0.5) is 0 Å². The molecule has 29 heavy (non-hydrogen) atoms. The van der Waals surface area contributed by atoms with Gasteiger partial charge in [0, 0.05) is 6.54 Å². The fourth-order valence-electron chi connectivity index (χ4n) is 3.90. The van der Waals surface area contributed by atoms with E-state index in [9.17, 15) is 13.2 Å². The van der Waals surface area contributed by atoms with Crippen LogP contribution in [-0.4, -0.2) is 31.8 Å². The van der Waals surface area contributed by atoms with Gasteiger partial charge in [0.2, 0.25) is 10.0 Å². The maximum atomic E-state index is 13.5. The molecular formula is C23H23NO4S. The third kappa shape index (κ3) is 3.66. The minimum Gasteiger partial charge on any atom is -0.468 e. The zero-order valence-corrected chi connectivity index (χ0v) is 17.3. The van der Waals surface area contributed by atoms with Gasteiger partial charge in [-0.2, -0.15) is 4.31 Å². The molecule has 4 rings (SSSR count). The second-order valence-electron chi connectivity index (χ2n) is 7.41. The molecule has 0 radical (unpaired) electrons. The van der Waals surface area contributed by atoms with Gasteiger partial charge in [-0.15, -0.1) is 0 Å². The van der Waals surface area contributed by atoms with Crippen LogP contribution in [0.1, 0.15) is 23.1 Å². The molecule has 0 aliphatic carbocycles. The lowest BCUT2D eigenvalue weighted by atomic mass is 9.98. The minimum atomic E-state index is -3.87. The zero-order valence-electron chi connectivity index (χ0n) is 16.5. The van der Waals surface area contributed by atoms with Crippen LogP contribution in [0, 0.1) is 6.92 Å². The van der Waals surface area contributed by atoms with Gasteiger partial charge in [-0.3, -0.25) is 4.79 Å². The van der Waals surface area contributed by atoms with Crippen LogP contribution in [0.3, 0.4) is 0 Å². The molecule has 1 aliphatic heterocycles. The van der Waals surface area contributed by atoms with Gasteiger partial charge in [0.15, 0.2) is 0 Å². The Kier molecular flexibility index (Phi) is 5.15. The molecule has 0 amide bonds. The number of fused-ring (bicyclic) bond motifs is 2. The molecule has 0 N–H and O–H groups in total. The van der Waals surface area contributed by atoms with Crippen molar-refractivity contribution in [1.29, 1.82) is 0 Å². The van der Waals surface area contributed by atoms with Crippen LogP contribution >= 0.6 is 0 Å². The van der Waals surface area contributed by atoms with Gasteiger partial charge in [-0.25, -0.2) is 8.42 Å². The molecular weight excluding hydrogens is 386 g/mol. The number of esters is 1. The van der Waals surface area contributed by atoms with Crippen molar-refractivity contribution in [2.24, 2.45) is 0 Å². The summed E-state index contributed by atoms with van der Waals surface area (Å²) in [6, 6.07) is 18.0. The second-order valence-corrected chi connectivity index (χ2v) is 9.30. The molecule has 150 valence electrons. The van der Waals surface area contributed by atoms with Crippen LogP contribution in [-0.2, 0) is 32.5 Å². The highest BCUT2D eigenvalue weighted by molar-refractivity contribution is 7.89. The average Bonchev–Trinajstić information content (AvgIpc) is 2.91. The predicted octanol–water partition coefficient (Wildman–Crippen LogP) is 3.83. The Bertz CT molecular complexity index is 1170. The highest BCUT2D eigenvalue weighted by Crippen LogP contribution is 2.31. The lowest BCUT2D eigenvalue weighted by molar-refractivity contribution is -0.145. The number of hydrogen-bond acceptors (Lipinski definition) is 4. The number of carbonyl (C=O) groups is 1. The molecule has 0 saturated carbocycles. The molecule has 1 atom stereocenters. The smallest absolute Gasteiger partial charge is 0.324 e. The molecule has 0 bridgehead atoms. The van der Waals surface area contributed by atoms with E-state index in [1.165, 1.54) is 11.4 Å². The van der Waals surface area contributed by atoms with Crippen molar-refractivity contribution in [3.63, 3.8) is 0 Å². The Labute approximate surface area is 171 Å². The summed E-state index contributed by atoms with van der Waals surface area (Å²) in [6.45, 7) is 2.04. The SMILES string of the molecule is COC(=O)[C@@H]1CCc2cc3ccccc3cc2CN1S(=O)(=O)c1ccc(C)cc1. The Morgan fingerprint density at radius 1 is 1.00 bits per heavy atom. The number of carbonyl (C=O) groups excluding carboxylic acids is 1. The maximum absolute atomic E-state index is 13.5. The number of methoxy groups -OCH3 is 1. The van der Waals surface area contributed by atoms with Crippen LogP contribution in [0.15, 0.2) is 65.6 Å². The van der Waals surface area contributed by atoms with Crippen molar-refractivity contribution in [2.45, 2.75) is 37.2 Å². The Balaban J connectivity index is 1.83. The van der Waals surface area contributed by atoms with Crippen LogP contribution in [0.2, 0.25) is 0 Å². The van der Waals surface area contributed by atoms with Crippen molar-refractivity contribution in [1.82, 2.24) is 4.31 Å². The molecule has 6 heteroatoms. The normalized spacial score (nSPS) is 17.5. The summed E-state index contributed by atoms with van der Waals surface area (Å²) in [6.07, 6.45) is 0.989. The van der Waals surface area contributed by atoms with E-state index in [4.69, 9.17) is 4.74 Å². The summed E-state index contributed by atoms with van der Waals surface area (Å²) in [7, 11) is -2.57. The van der Waals surface area contributed by atoms with Crippen molar-refractivity contribution >= 4 is 26.8 Å². The van der Waals surface area contributed by atoms with Crippen molar-refractivity contribution < 1.29 is 17.9 Å². The lowest BCUT2D eigenvalue weighted by Gasteiger charge is -2.27. The molecule has 1 heterocycles. The van der Waals surface area contributed by atoms with E-state index in [0.717, 1.165) is 27.5 Å². The summed E-state index contributed by atoms with van der Waals surface area (Å²) >= 11 is 0. The Morgan fingerprint density at radius 2 is 1.62 bits per heavy atom. The highest BCUT2D eigenvalue weighted by Gasteiger charge is 2.38. The molecule has 0 unspecified atom stereocenters. The third-order valence-corrected chi connectivity index (χ3v) is 7.40. The third-order valence-electron chi connectivity index (χ3n) is 5.53. The van der Waals surface area contributed by atoms with E-state index in [2.05, 4.69) is 6.07 Å². The molecule has 0 fully saturated rings. The van der Waals surface area contributed by atoms with Crippen molar-refractivity contribution in [2.75, 3.05) is 7.11 Å².